The molecule has 0 aliphatic carbocycles. The number of ether oxygens (including phenoxy) is 1. The summed E-state index contributed by atoms with van der Waals surface area (Å²) in [5.74, 6) is -0.470. The van der Waals surface area contributed by atoms with E-state index in [1.165, 1.54) is 11.8 Å². The van der Waals surface area contributed by atoms with Crippen molar-refractivity contribution >= 4 is 32.4 Å². The van der Waals surface area contributed by atoms with Crippen LogP contribution in [0.3, 0.4) is 0 Å². The van der Waals surface area contributed by atoms with Gasteiger partial charge in [-0.1, -0.05) is 24.9 Å². The van der Waals surface area contributed by atoms with Crippen molar-refractivity contribution in [3.05, 3.63) is 12.7 Å². The molecule has 0 aromatic heterocycles. The van der Waals surface area contributed by atoms with Gasteiger partial charge in [0.1, 0.15) is 0 Å². The highest BCUT2D eigenvalue weighted by Gasteiger charge is 2.03. The monoisotopic (exact) mass is 218 g/mol. The minimum atomic E-state index is -0.470. The van der Waals surface area contributed by atoms with Gasteiger partial charge < -0.3 is 4.74 Å². The maximum atomic E-state index is 11.0. The van der Waals surface area contributed by atoms with Crippen LogP contribution in [0, 0.1) is 0 Å². The van der Waals surface area contributed by atoms with Gasteiger partial charge in [0.25, 0.3) is 0 Å². The van der Waals surface area contributed by atoms with Crippen molar-refractivity contribution < 1.29 is 14.3 Å². The lowest BCUT2D eigenvalue weighted by molar-refractivity contribution is -0.138. The van der Waals surface area contributed by atoms with E-state index in [0.717, 1.165) is 11.5 Å². The predicted molar refractivity (Wildman–Crippen MR) is 57.6 cm³/mol. The van der Waals surface area contributed by atoms with Crippen LogP contribution < -0.4 is 0 Å². The third-order valence-corrected chi connectivity index (χ3v) is 4.16. The molecule has 0 unspecified atom stereocenters. The van der Waals surface area contributed by atoms with Gasteiger partial charge in [0.15, 0.2) is 5.12 Å². The van der Waals surface area contributed by atoms with Gasteiger partial charge in [-0.05, 0) is 5.38 Å². The van der Waals surface area contributed by atoms with E-state index in [1.807, 2.05) is 0 Å². The summed E-state index contributed by atoms with van der Waals surface area (Å²) in [6, 6.07) is 0. The van der Waals surface area contributed by atoms with Crippen molar-refractivity contribution in [1.29, 1.82) is 0 Å². The summed E-state index contributed by atoms with van der Waals surface area (Å²) in [5, 5.41) is 1.07. The van der Waals surface area contributed by atoms with Crippen molar-refractivity contribution in [1.82, 2.24) is 0 Å². The van der Waals surface area contributed by atoms with Crippen LogP contribution in [-0.4, -0.2) is 32.6 Å². The Labute approximate surface area is 84.7 Å². The Kier molecular flexibility index (Phi) is 7.72. The first-order valence-electron chi connectivity index (χ1n) is 4.15. The van der Waals surface area contributed by atoms with Gasteiger partial charge in [-0.25, -0.2) is 4.79 Å². The van der Waals surface area contributed by atoms with Gasteiger partial charge in [-0.15, -0.1) is 0 Å². The van der Waals surface area contributed by atoms with Crippen LogP contribution in [-0.2, 0) is 14.3 Å². The fraction of sp³-hybridized carbons (Fsp3) is 0.500. The standard InChI is InChI=1S/C8H14O3SSi/c1-3-7(9)11-5-4-8(10)12-6-13-2/h3H,1,4-6,13H2,2H3. The molecule has 0 amide bonds. The van der Waals surface area contributed by atoms with Gasteiger partial charge in [-0.3, -0.25) is 4.79 Å². The molecule has 13 heavy (non-hydrogen) atoms. The molecule has 5 heteroatoms. The van der Waals surface area contributed by atoms with Crippen LogP contribution >= 0.6 is 11.8 Å². The zero-order valence-corrected chi connectivity index (χ0v) is 9.98. The Morgan fingerprint density at radius 1 is 1.62 bits per heavy atom. The van der Waals surface area contributed by atoms with Crippen molar-refractivity contribution in [3.8, 4) is 0 Å². The maximum absolute atomic E-state index is 11.0. The summed E-state index contributed by atoms with van der Waals surface area (Å²) in [4.78, 5) is 21.6. The first-order chi connectivity index (χ1) is 6.20. The van der Waals surface area contributed by atoms with Crippen LogP contribution in [0.5, 0.6) is 0 Å². The molecule has 0 aliphatic rings. The zero-order valence-electron chi connectivity index (χ0n) is 7.75. The second kappa shape index (κ2) is 8.06. The molecular weight excluding hydrogens is 204 g/mol. The lowest BCUT2D eigenvalue weighted by atomic mass is 10.5. The third kappa shape index (κ3) is 7.80. The van der Waals surface area contributed by atoms with E-state index < -0.39 is 5.97 Å². The minimum Gasteiger partial charge on any atom is -0.462 e. The molecule has 0 rings (SSSR count). The smallest absolute Gasteiger partial charge is 0.330 e. The van der Waals surface area contributed by atoms with E-state index in [0.29, 0.717) is 6.42 Å². The summed E-state index contributed by atoms with van der Waals surface area (Å²) >= 11 is 1.34. The van der Waals surface area contributed by atoms with Crippen LogP contribution in [0.15, 0.2) is 12.7 Å². The largest absolute Gasteiger partial charge is 0.462 e. The second-order valence-electron chi connectivity index (χ2n) is 2.34. The van der Waals surface area contributed by atoms with Gasteiger partial charge in [-0.2, -0.15) is 0 Å². The molecule has 0 fully saturated rings. The predicted octanol–water partition coefficient (Wildman–Crippen LogP) is 0.540. The maximum Gasteiger partial charge on any atom is 0.330 e. The molecule has 0 aromatic rings. The van der Waals surface area contributed by atoms with Gasteiger partial charge in [0.05, 0.1) is 13.0 Å². The third-order valence-electron chi connectivity index (χ3n) is 1.18. The lowest BCUT2D eigenvalue weighted by Gasteiger charge is -2.00. The van der Waals surface area contributed by atoms with E-state index in [4.69, 9.17) is 0 Å². The average Bonchev–Trinajstić information content (AvgIpc) is 2.14. The Morgan fingerprint density at radius 3 is 2.85 bits per heavy atom. The van der Waals surface area contributed by atoms with Crippen LogP contribution in [0.1, 0.15) is 6.42 Å². The van der Waals surface area contributed by atoms with Crippen LogP contribution in [0.25, 0.3) is 0 Å². The minimum absolute atomic E-state index is 0.0539. The number of carbonyl (C=O) groups is 2. The molecule has 0 radical (unpaired) electrons. The topological polar surface area (TPSA) is 43.4 Å². The molecule has 0 N–H and O–H groups in total. The highest BCUT2D eigenvalue weighted by atomic mass is 32.2. The number of thioether (sulfide) groups is 1. The molecular formula is C8H14O3SSi. The number of hydrogen-bond donors (Lipinski definition) is 0. The SMILES string of the molecule is C=CC(=O)OCCC(=O)SC[SiH2]C. The molecule has 0 saturated heterocycles. The molecule has 3 nitrogen and oxygen atoms in total. The summed E-state index contributed by atoms with van der Waals surface area (Å²) in [6.45, 7) is 5.57. The molecule has 0 saturated carbocycles. The van der Waals surface area contributed by atoms with Gasteiger partial charge in [0, 0.05) is 15.6 Å². The molecule has 0 atom stereocenters. The van der Waals surface area contributed by atoms with E-state index >= 15 is 0 Å². The summed E-state index contributed by atoms with van der Waals surface area (Å²) in [7, 11) is -0.0539. The normalized spacial score (nSPS) is 10.2. The van der Waals surface area contributed by atoms with E-state index in [-0.39, 0.29) is 21.2 Å². The van der Waals surface area contributed by atoms with Gasteiger partial charge >= 0.3 is 5.97 Å². The average molecular weight is 218 g/mol. The second-order valence-corrected chi connectivity index (χ2v) is 5.72. The van der Waals surface area contributed by atoms with E-state index in [2.05, 4.69) is 17.9 Å². The number of hydrogen-bond acceptors (Lipinski definition) is 4. The molecule has 0 aromatic carbocycles. The highest BCUT2D eigenvalue weighted by Crippen LogP contribution is 2.03. The Bertz CT molecular complexity index is 194. The first kappa shape index (κ1) is 12.4. The van der Waals surface area contributed by atoms with Crippen molar-refractivity contribution in [2.75, 3.05) is 12.0 Å². The quantitative estimate of drug-likeness (QED) is 0.371. The highest BCUT2D eigenvalue weighted by molar-refractivity contribution is 8.14. The molecule has 74 valence electrons. The van der Waals surface area contributed by atoms with Crippen LogP contribution in [0.2, 0.25) is 6.55 Å². The van der Waals surface area contributed by atoms with Crippen molar-refractivity contribution in [2.45, 2.75) is 13.0 Å². The Balaban J connectivity index is 3.36. The van der Waals surface area contributed by atoms with E-state index in [1.54, 1.807) is 0 Å². The summed E-state index contributed by atoms with van der Waals surface area (Å²) in [5.41, 5.74) is 0. The summed E-state index contributed by atoms with van der Waals surface area (Å²) in [6.07, 6.45) is 1.40. The zero-order chi connectivity index (χ0) is 10.1. The first-order valence-corrected chi connectivity index (χ1v) is 7.55. The molecule has 0 bridgehead atoms. The van der Waals surface area contributed by atoms with Crippen molar-refractivity contribution in [3.63, 3.8) is 0 Å². The van der Waals surface area contributed by atoms with Gasteiger partial charge in [0.2, 0.25) is 0 Å². The fourth-order valence-corrected chi connectivity index (χ4v) is 2.54. The number of carbonyl (C=O) groups excluding carboxylic acids is 2. The Hall–Kier alpha value is -0.553. The Morgan fingerprint density at radius 2 is 2.31 bits per heavy atom. The lowest BCUT2D eigenvalue weighted by Crippen LogP contribution is -2.06. The molecule has 0 aliphatic heterocycles. The summed E-state index contributed by atoms with van der Waals surface area (Å²) < 4.78 is 4.66. The van der Waals surface area contributed by atoms with E-state index in [9.17, 15) is 9.59 Å². The van der Waals surface area contributed by atoms with Crippen LogP contribution in [0.4, 0.5) is 0 Å². The molecule has 0 spiro atoms. The number of rotatable bonds is 6. The van der Waals surface area contributed by atoms with Crippen molar-refractivity contribution in [2.24, 2.45) is 0 Å². The number of esters is 1. The molecule has 0 heterocycles. The fourth-order valence-electron chi connectivity index (χ4n) is 0.582.